The minimum absolute atomic E-state index is 0.118. The van der Waals surface area contributed by atoms with Gasteiger partial charge in [-0.1, -0.05) is 28.1 Å². The summed E-state index contributed by atoms with van der Waals surface area (Å²) in [4.78, 5) is 11.8. The lowest BCUT2D eigenvalue weighted by atomic mass is 10.1. The molecule has 0 fully saturated rings. The average Bonchev–Trinajstić information content (AvgIpc) is 2.27. The molecule has 4 nitrogen and oxygen atoms in total. The monoisotopic (exact) mass is 328 g/mol. The van der Waals surface area contributed by atoms with Gasteiger partial charge < -0.3 is 15.4 Å². The van der Waals surface area contributed by atoms with Crippen LogP contribution in [0.5, 0.6) is 0 Å². The molecule has 0 heterocycles. The van der Waals surface area contributed by atoms with Gasteiger partial charge in [-0.2, -0.15) is 0 Å². The molecular formula is C14H21BrN2O2. The summed E-state index contributed by atoms with van der Waals surface area (Å²) in [6.45, 7) is 6.18. The van der Waals surface area contributed by atoms with E-state index < -0.39 is 11.7 Å². The van der Waals surface area contributed by atoms with Crippen LogP contribution in [-0.4, -0.2) is 25.3 Å². The van der Waals surface area contributed by atoms with Gasteiger partial charge in [0.05, 0.1) is 6.04 Å². The molecule has 5 heteroatoms. The lowest BCUT2D eigenvalue weighted by molar-refractivity contribution is 0.0503. The Balaban J connectivity index is 2.73. The molecule has 0 spiro atoms. The number of hydrogen-bond acceptors (Lipinski definition) is 3. The fourth-order valence-electron chi connectivity index (χ4n) is 1.60. The summed E-state index contributed by atoms with van der Waals surface area (Å²) in [5.41, 5.74) is 0.539. The van der Waals surface area contributed by atoms with Gasteiger partial charge in [0.25, 0.3) is 0 Å². The van der Waals surface area contributed by atoms with E-state index in [9.17, 15) is 4.79 Å². The van der Waals surface area contributed by atoms with E-state index in [4.69, 9.17) is 4.74 Å². The number of rotatable bonds is 4. The Morgan fingerprint density at radius 3 is 2.37 bits per heavy atom. The largest absolute Gasteiger partial charge is 0.444 e. The number of benzene rings is 1. The minimum atomic E-state index is -0.492. The normalized spacial score (nSPS) is 12.9. The van der Waals surface area contributed by atoms with Crippen LogP contribution in [0.3, 0.4) is 0 Å². The smallest absolute Gasteiger partial charge is 0.408 e. The number of amides is 1. The summed E-state index contributed by atoms with van der Waals surface area (Å²) in [6, 6.07) is 7.74. The van der Waals surface area contributed by atoms with Crippen LogP contribution < -0.4 is 10.6 Å². The molecule has 0 saturated carbocycles. The number of hydrogen-bond donors (Lipinski definition) is 2. The Morgan fingerprint density at radius 1 is 1.32 bits per heavy atom. The Labute approximate surface area is 123 Å². The van der Waals surface area contributed by atoms with Crippen LogP contribution in [0, 0.1) is 0 Å². The van der Waals surface area contributed by atoms with Gasteiger partial charge in [0, 0.05) is 11.0 Å². The van der Waals surface area contributed by atoms with Crippen LogP contribution >= 0.6 is 15.9 Å². The van der Waals surface area contributed by atoms with Gasteiger partial charge in [0.1, 0.15) is 5.60 Å². The van der Waals surface area contributed by atoms with Crippen molar-refractivity contribution in [3.63, 3.8) is 0 Å². The molecule has 0 aliphatic rings. The van der Waals surface area contributed by atoms with Crippen LogP contribution in [0.4, 0.5) is 4.79 Å². The molecule has 0 bridgehead atoms. The molecule has 0 saturated heterocycles. The van der Waals surface area contributed by atoms with Crippen molar-refractivity contribution in [3.05, 3.63) is 34.3 Å². The Hall–Kier alpha value is -1.07. The van der Waals surface area contributed by atoms with E-state index >= 15 is 0 Å². The number of carbonyl (C=O) groups excluding carboxylic acids is 1. The maximum atomic E-state index is 11.8. The van der Waals surface area contributed by atoms with Crippen molar-refractivity contribution >= 4 is 22.0 Å². The number of alkyl carbamates (subject to hydrolysis) is 1. The van der Waals surface area contributed by atoms with E-state index in [1.165, 1.54) is 0 Å². The molecule has 1 aromatic rings. The number of ether oxygens (including phenoxy) is 1. The van der Waals surface area contributed by atoms with E-state index in [2.05, 4.69) is 26.6 Å². The fourth-order valence-corrected chi connectivity index (χ4v) is 1.87. The first-order valence-electron chi connectivity index (χ1n) is 6.21. The average molecular weight is 329 g/mol. The molecule has 106 valence electrons. The lowest BCUT2D eigenvalue weighted by Crippen LogP contribution is -2.38. The molecule has 1 rings (SSSR count). The maximum Gasteiger partial charge on any atom is 0.408 e. The number of halogens is 1. The zero-order valence-electron chi connectivity index (χ0n) is 11.8. The SMILES string of the molecule is CNCC(NC(=O)OC(C)(C)C)c1ccc(Br)cc1. The van der Waals surface area contributed by atoms with Crippen LogP contribution in [0.2, 0.25) is 0 Å². The van der Waals surface area contributed by atoms with E-state index in [1.807, 2.05) is 52.1 Å². The highest BCUT2D eigenvalue weighted by Gasteiger charge is 2.20. The van der Waals surface area contributed by atoms with Crippen LogP contribution in [0.1, 0.15) is 32.4 Å². The predicted molar refractivity (Wildman–Crippen MR) is 80.2 cm³/mol. The fraction of sp³-hybridized carbons (Fsp3) is 0.500. The Kier molecular flexibility index (Phi) is 5.82. The van der Waals surface area contributed by atoms with Crippen molar-refractivity contribution in [3.8, 4) is 0 Å². The lowest BCUT2D eigenvalue weighted by Gasteiger charge is -2.24. The van der Waals surface area contributed by atoms with Crippen LogP contribution in [0.25, 0.3) is 0 Å². The predicted octanol–water partition coefficient (Wildman–Crippen LogP) is 3.23. The summed E-state index contributed by atoms with van der Waals surface area (Å²) in [5, 5.41) is 5.94. The van der Waals surface area contributed by atoms with Gasteiger partial charge in [0.15, 0.2) is 0 Å². The second-order valence-corrected chi connectivity index (χ2v) is 6.22. The highest BCUT2D eigenvalue weighted by Crippen LogP contribution is 2.17. The topological polar surface area (TPSA) is 50.4 Å². The molecular weight excluding hydrogens is 308 g/mol. The quantitative estimate of drug-likeness (QED) is 0.892. The van der Waals surface area contributed by atoms with Gasteiger partial charge in [-0.3, -0.25) is 0 Å². The number of nitrogens with one attached hydrogen (secondary N) is 2. The van der Waals surface area contributed by atoms with E-state index in [-0.39, 0.29) is 6.04 Å². The van der Waals surface area contributed by atoms with Crippen molar-refractivity contribution in [1.29, 1.82) is 0 Å². The second-order valence-electron chi connectivity index (χ2n) is 5.31. The molecule has 0 radical (unpaired) electrons. The van der Waals surface area contributed by atoms with Crippen molar-refractivity contribution in [2.24, 2.45) is 0 Å². The third-order valence-electron chi connectivity index (χ3n) is 2.37. The van der Waals surface area contributed by atoms with Crippen LogP contribution in [0.15, 0.2) is 28.7 Å². The van der Waals surface area contributed by atoms with Crippen molar-refractivity contribution in [2.75, 3.05) is 13.6 Å². The highest BCUT2D eigenvalue weighted by molar-refractivity contribution is 9.10. The summed E-state index contributed by atoms with van der Waals surface area (Å²) >= 11 is 3.40. The van der Waals surface area contributed by atoms with Crippen LogP contribution in [-0.2, 0) is 4.74 Å². The first-order chi connectivity index (χ1) is 8.81. The highest BCUT2D eigenvalue weighted by atomic mass is 79.9. The molecule has 0 aromatic heterocycles. The van der Waals surface area contributed by atoms with Gasteiger partial charge >= 0.3 is 6.09 Å². The standard InChI is InChI=1S/C14H21BrN2O2/c1-14(2,3)19-13(18)17-12(9-16-4)10-5-7-11(15)8-6-10/h5-8,12,16H,9H2,1-4H3,(H,17,18). The molecule has 1 aromatic carbocycles. The molecule has 1 amide bonds. The molecule has 2 N–H and O–H groups in total. The van der Waals surface area contributed by atoms with Gasteiger partial charge in [0.2, 0.25) is 0 Å². The summed E-state index contributed by atoms with van der Waals surface area (Å²) < 4.78 is 6.28. The Morgan fingerprint density at radius 2 is 1.89 bits per heavy atom. The third kappa shape index (κ3) is 6.07. The molecule has 0 aliphatic heterocycles. The molecule has 0 aliphatic carbocycles. The maximum absolute atomic E-state index is 11.8. The summed E-state index contributed by atoms with van der Waals surface area (Å²) in [6.07, 6.45) is -0.407. The minimum Gasteiger partial charge on any atom is -0.444 e. The third-order valence-corrected chi connectivity index (χ3v) is 2.90. The van der Waals surface area contributed by atoms with Crippen molar-refractivity contribution < 1.29 is 9.53 Å². The molecule has 1 unspecified atom stereocenters. The van der Waals surface area contributed by atoms with Gasteiger partial charge in [-0.05, 0) is 45.5 Å². The van der Waals surface area contributed by atoms with Gasteiger partial charge in [-0.15, -0.1) is 0 Å². The first kappa shape index (κ1) is 16.0. The van der Waals surface area contributed by atoms with Gasteiger partial charge in [-0.25, -0.2) is 4.79 Å². The number of carbonyl (C=O) groups is 1. The van der Waals surface area contributed by atoms with Crippen molar-refractivity contribution in [1.82, 2.24) is 10.6 Å². The number of likely N-dealkylation sites (N-methyl/N-ethyl adjacent to an activating group) is 1. The molecule has 1 atom stereocenters. The second kappa shape index (κ2) is 6.91. The summed E-state index contributed by atoms with van der Waals surface area (Å²) in [5.74, 6) is 0. The Bertz CT molecular complexity index is 412. The van der Waals surface area contributed by atoms with E-state index in [1.54, 1.807) is 0 Å². The summed E-state index contributed by atoms with van der Waals surface area (Å²) in [7, 11) is 1.85. The zero-order valence-corrected chi connectivity index (χ0v) is 13.4. The first-order valence-corrected chi connectivity index (χ1v) is 7.00. The van der Waals surface area contributed by atoms with E-state index in [0.29, 0.717) is 6.54 Å². The molecule has 19 heavy (non-hydrogen) atoms. The zero-order chi connectivity index (χ0) is 14.5. The van der Waals surface area contributed by atoms with E-state index in [0.717, 1.165) is 10.0 Å². The van der Waals surface area contributed by atoms with Crippen molar-refractivity contribution in [2.45, 2.75) is 32.4 Å².